The molecule has 4 rings (SSSR count). The predicted octanol–water partition coefficient (Wildman–Crippen LogP) is 2.46. The number of terminal acetylenes is 1. The molecule has 0 bridgehead atoms. The Bertz CT molecular complexity index is 1250. The summed E-state index contributed by atoms with van der Waals surface area (Å²) in [7, 11) is 0. The first-order chi connectivity index (χ1) is 15.7. The van der Waals surface area contributed by atoms with Gasteiger partial charge < -0.3 is 19.5 Å². The molecule has 0 atom stereocenters. The van der Waals surface area contributed by atoms with Gasteiger partial charge in [0.1, 0.15) is 12.4 Å². The van der Waals surface area contributed by atoms with Crippen LogP contribution in [0.2, 0.25) is 0 Å². The molecule has 0 unspecified atom stereocenters. The van der Waals surface area contributed by atoms with Gasteiger partial charge in [-0.05, 0) is 35.0 Å². The lowest BCUT2D eigenvalue weighted by atomic mass is 10.0. The minimum Gasteiger partial charge on any atom is -0.480 e. The van der Waals surface area contributed by atoms with Crippen LogP contribution in [-0.4, -0.2) is 38.0 Å². The van der Waals surface area contributed by atoms with E-state index < -0.39 is 11.8 Å². The van der Waals surface area contributed by atoms with Crippen molar-refractivity contribution in [3.63, 3.8) is 0 Å². The number of carbonyl (C=O) groups excluding carboxylic acids is 2. The normalized spacial score (nSPS) is 11.8. The van der Waals surface area contributed by atoms with E-state index in [1.165, 1.54) is 6.21 Å². The van der Waals surface area contributed by atoms with Gasteiger partial charge >= 0.3 is 0 Å². The Morgan fingerprint density at radius 1 is 1.12 bits per heavy atom. The number of rotatable bonds is 7. The zero-order valence-electron chi connectivity index (χ0n) is 17.0. The topological polar surface area (TPSA) is 98.2 Å². The number of hydrazone groups is 1. The van der Waals surface area contributed by atoms with E-state index in [2.05, 4.69) is 21.8 Å². The van der Waals surface area contributed by atoms with Gasteiger partial charge in [0.25, 0.3) is 11.8 Å². The number of carbonyl (C=O) groups is 2. The SMILES string of the molecule is C#CCOc1ccc2ccccc2c1/C=N/NC(=O)CNC(=O)c1ccc2c(c1)OCO2. The number of ether oxygens (including phenoxy) is 3. The summed E-state index contributed by atoms with van der Waals surface area (Å²) in [6, 6.07) is 16.2. The molecule has 0 spiro atoms. The van der Waals surface area contributed by atoms with Crippen LogP contribution in [0.4, 0.5) is 0 Å². The lowest BCUT2D eigenvalue weighted by Crippen LogP contribution is -2.34. The average molecular weight is 429 g/mol. The summed E-state index contributed by atoms with van der Waals surface area (Å²) in [6.45, 7) is -0.0228. The van der Waals surface area contributed by atoms with Gasteiger partial charge in [-0.25, -0.2) is 5.43 Å². The van der Waals surface area contributed by atoms with Crippen LogP contribution in [0.3, 0.4) is 0 Å². The maximum absolute atomic E-state index is 12.3. The van der Waals surface area contributed by atoms with E-state index in [4.69, 9.17) is 20.6 Å². The first-order valence-electron chi connectivity index (χ1n) is 9.73. The Kier molecular flexibility index (Phi) is 6.18. The number of fused-ring (bicyclic) bond motifs is 2. The van der Waals surface area contributed by atoms with Crippen molar-refractivity contribution in [3.8, 4) is 29.6 Å². The van der Waals surface area contributed by atoms with Crippen LogP contribution in [0.5, 0.6) is 17.2 Å². The molecular weight excluding hydrogens is 410 g/mol. The van der Waals surface area contributed by atoms with Gasteiger partial charge in [-0.1, -0.05) is 36.3 Å². The van der Waals surface area contributed by atoms with Crippen molar-refractivity contribution in [3.05, 3.63) is 65.7 Å². The molecule has 0 saturated carbocycles. The van der Waals surface area contributed by atoms with Crippen LogP contribution in [0.25, 0.3) is 10.8 Å². The minimum absolute atomic E-state index is 0.109. The van der Waals surface area contributed by atoms with E-state index in [1.807, 2.05) is 30.3 Å². The quantitative estimate of drug-likeness (QED) is 0.342. The van der Waals surface area contributed by atoms with Crippen molar-refractivity contribution in [2.75, 3.05) is 19.9 Å². The van der Waals surface area contributed by atoms with Crippen LogP contribution in [0.15, 0.2) is 59.7 Å². The van der Waals surface area contributed by atoms with Crippen LogP contribution in [0, 0.1) is 12.3 Å². The molecule has 0 aliphatic carbocycles. The smallest absolute Gasteiger partial charge is 0.259 e. The van der Waals surface area contributed by atoms with Gasteiger partial charge in [-0.2, -0.15) is 5.10 Å². The molecule has 3 aromatic rings. The predicted molar refractivity (Wildman–Crippen MR) is 119 cm³/mol. The molecule has 2 N–H and O–H groups in total. The number of nitrogens with zero attached hydrogens (tertiary/aromatic N) is 1. The van der Waals surface area contributed by atoms with Gasteiger partial charge in [0, 0.05) is 11.1 Å². The highest BCUT2D eigenvalue weighted by atomic mass is 16.7. The van der Waals surface area contributed by atoms with Crippen LogP contribution in [-0.2, 0) is 4.79 Å². The van der Waals surface area contributed by atoms with E-state index in [1.54, 1.807) is 24.3 Å². The standard InChI is InChI=1S/C24H19N3O5/c1-2-11-30-20-9-7-16-5-3-4-6-18(16)19(20)13-26-27-23(28)14-25-24(29)17-8-10-21-22(12-17)32-15-31-21/h1,3-10,12-13H,11,14-15H2,(H,25,29)(H,27,28)/b26-13+. The van der Waals surface area contributed by atoms with E-state index >= 15 is 0 Å². The van der Waals surface area contributed by atoms with Crippen molar-refractivity contribution < 1.29 is 23.8 Å². The molecule has 8 heteroatoms. The molecule has 2 amide bonds. The van der Waals surface area contributed by atoms with Crippen molar-refractivity contribution in [2.45, 2.75) is 0 Å². The van der Waals surface area contributed by atoms with E-state index in [0.29, 0.717) is 28.4 Å². The summed E-state index contributed by atoms with van der Waals surface area (Å²) >= 11 is 0. The maximum atomic E-state index is 12.3. The van der Waals surface area contributed by atoms with Crippen LogP contribution < -0.4 is 25.0 Å². The van der Waals surface area contributed by atoms with Crippen molar-refractivity contribution in [1.29, 1.82) is 0 Å². The van der Waals surface area contributed by atoms with Gasteiger partial charge in [0.2, 0.25) is 6.79 Å². The molecule has 160 valence electrons. The highest BCUT2D eigenvalue weighted by molar-refractivity contribution is 6.03. The van der Waals surface area contributed by atoms with E-state index in [-0.39, 0.29) is 19.9 Å². The summed E-state index contributed by atoms with van der Waals surface area (Å²) < 4.78 is 16.1. The summed E-state index contributed by atoms with van der Waals surface area (Å²) in [6.07, 6.45) is 6.78. The molecule has 8 nitrogen and oxygen atoms in total. The lowest BCUT2D eigenvalue weighted by Gasteiger charge is -2.10. The fourth-order valence-corrected chi connectivity index (χ4v) is 3.16. The van der Waals surface area contributed by atoms with Crippen molar-refractivity contribution in [1.82, 2.24) is 10.7 Å². The van der Waals surface area contributed by atoms with E-state index in [0.717, 1.165) is 10.8 Å². The molecule has 1 aliphatic rings. The summed E-state index contributed by atoms with van der Waals surface area (Å²) in [4.78, 5) is 24.4. The zero-order chi connectivity index (χ0) is 22.3. The Hall–Kier alpha value is -4.51. The van der Waals surface area contributed by atoms with Crippen molar-refractivity contribution in [2.24, 2.45) is 5.10 Å². The molecule has 0 fully saturated rings. The van der Waals surface area contributed by atoms with Gasteiger partial charge in [-0.15, -0.1) is 6.42 Å². The third-order valence-electron chi connectivity index (χ3n) is 4.67. The second-order valence-corrected chi connectivity index (χ2v) is 6.74. The molecule has 32 heavy (non-hydrogen) atoms. The summed E-state index contributed by atoms with van der Waals surface area (Å²) in [5.41, 5.74) is 3.44. The number of hydrogen-bond donors (Lipinski definition) is 2. The minimum atomic E-state index is -0.485. The van der Waals surface area contributed by atoms with Crippen molar-refractivity contribution >= 4 is 28.8 Å². The third kappa shape index (κ3) is 4.63. The Morgan fingerprint density at radius 3 is 2.84 bits per heavy atom. The second kappa shape index (κ2) is 9.53. The third-order valence-corrected chi connectivity index (χ3v) is 4.67. The second-order valence-electron chi connectivity index (χ2n) is 6.74. The molecule has 0 radical (unpaired) electrons. The Morgan fingerprint density at radius 2 is 1.97 bits per heavy atom. The Balaban J connectivity index is 1.38. The first kappa shape index (κ1) is 20.8. The number of nitrogens with one attached hydrogen (secondary N) is 2. The number of hydrogen-bond acceptors (Lipinski definition) is 6. The number of benzene rings is 3. The fourth-order valence-electron chi connectivity index (χ4n) is 3.16. The maximum Gasteiger partial charge on any atom is 0.259 e. The monoisotopic (exact) mass is 429 g/mol. The van der Waals surface area contributed by atoms with Gasteiger partial charge in [0.15, 0.2) is 11.5 Å². The number of amides is 2. The van der Waals surface area contributed by atoms with Crippen LogP contribution in [0.1, 0.15) is 15.9 Å². The highest BCUT2D eigenvalue weighted by Crippen LogP contribution is 2.32. The molecule has 3 aromatic carbocycles. The highest BCUT2D eigenvalue weighted by Gasteiger charge is 2.16. The van der Waals surface area contributed by atoms with Gasteiger partial charge in [-0.3, -0.25) is 9.59 Å². The fraction of sp³-hybridized carbons (Fsp3) is 0.125. The molecule has 0 saturated heterocycles. The largest absolute Gasteiger partial charge is 0.480 e. The van der Waals surface area contributed by atoms with Gasteiger partial charge in [0.05, 0.1) is 12.8 Å². The summed E-state index contributed by atoms with van der Waals surface area (Å²) in [5.74, 6) is 3.15. The molecule has 1 aliphatic heterocycles. The molecular formula is C24H19N3O5. The molecule has 0 aromatic heterocycles. The zero-order valence-corrected chi connectivity index (χ0v) is 17.0. The van der Waals surface area contributed by atoms with Crippen LogP contribution >= 0.6 is 0 Å². The Labute approximate surface area is 184 Å². The average Bonchev–Trinajstić information content (AvgIpc) is 3.29. The first-order valence-corrected chi connectivity index (χ1v) is 9.73. The lowest BCUT2D eigenvalue weighted by molar-refractivity contribution is -0.120. The summed E-state index contributed by atoms with van der Waals surface area (Å²) in [5, 5.41) is 8.44. The van der Waals surface area contributed by atoms with E-state index in [9.17, 15) is 9.59 Å². The molecule has 1 heterocycles.